The van der Waals surface area contributed by atoms with E-state index in [4.69, 9.17) is 9.47 Å². The number of imidazole rings is 1. The second-order valence-electron chi connectivity index (χ2n) is 8.17. The monoisotopic (exact) mass is 456 g/mol. The Balaban J connectivity index is 1.71. The summed E-state index contributed by atoms with van der Waals surface area (Å²) in [5.74, 6) is -1.47. The third kappa shape index (κ3) is 4.61. The molecule has 0 radical (unpaired) electrons. The number of aromatic nitrogens is 5. The summed E-state index contributed by atoms with van der Waals surface area (Å²) in [4.78, 5) is 20.7. The third-order valence-corrected chi connectivity index (χ3v) is 4.51. The van der Waals surface area contributed by atoms with Gasteiger partial charge in [0.2, 0.25) is 5.88 Å². The first kappa shape index (κ1) is 22.2. The molecule has 0 atom stereocenters. The van der Waals surface area contributed by atoms with Crippen LogP contribution in [0.2, 0.25) is 0 Å². The Morgan fingerprint density at radius 1 is 1.21 bits per heavy atom. The molecule has 0 fully saturated rings. The van der Waals surface area contributed by atoms with Crippen molar-refractivity contribution in [2.24, 2.45) is 0 Å². The Bertz CT molecular complexity index is 1310. The van der Waals surface area contributed by atoms with Gasteiger partial charge in [-0.05, 0) is 32.9 Å². The Hall–Kier alpha value is -4.02. The molecule has 0 bridgehead atoms. The highest BCUT2D eigenvalue weighted by Crippen LogP contribution is 2.34. The summed E-state index contributed by atoms with van der Waals surface area (Å²) in [5, 5.41) is 7.21. The largest absolute Gasteiger partial charge is 0.479 e. The minimum atomic E-state index is -0.755. The van der Waals surface area contributed by atoms with Crippen LogP contribution >= 0.6 is 0 Å². The lowest BCUT2D eigenvalue weighted by Gasteiger charge is -2.19. The number of nitrogens with one attached hydrogen (secondary N) is 1. The lowest BCUT2D eigenvalue weighted by molar-refractivity contribution is -0.155. The van der Waals surface area contributed by atoms with E-state index in [-0.39, 0.29) is 29.6 Å². The van der Waals surface area contributed by atoms with E-state index >= 15 is 0 Å². The average molecular weight is 456 g/mol. The van der Waals surface area contributed by atoms with Crippen molar-refractivity contribution in [3.63, 3.8) is 0 Å². The summed E-state index contributed by atoms with van der Waals surface area (Å²) in [7, 11) is 1.43. The Morgan fingerprint density at radius 3 is 2.61 bits per heavy atom. The van der Waals surface area contributed by atoms with Crippen LogP contribution in [0.5, 0.6) is 5.88 Å². The van der Waals surface area contributed by atoms with E-state index in [1.165, 1.54) is 40.8 Å². The van der Waals surface area contributed by atoms with Gasteiger partial charge in [0.25, 0.3) is 0 Å². The number of halogens is 2. The van der Waals surface area contributed by atoms with Crippen molar-refractivity contribution < 1.29 is 23.0 Å². The van der Waals surface area contributed by atoms with E-state index in [2.05, 4.69) is 20.4 Å². The number of benzene rings is 1. The third-order valence-electron chi connectivity index (χ3n) is 4.51. The molecule has 1 aromatic carbocycles. The lowest BCUT2D eigenvalue weighted by atomic mass is 10.2. The SMILES string of the molecule is COc1nccn2c(-c3c(F)cccc3F)nc(Nc3cnn(CC(=O)OC(C)(C)C)c3)c12. The molecule has 0 saturated carbocycles. The number of rotatable bonds is 6. The molecule has 33 heavy (non-hydrogen) atoms. The summed E-state index contributed by atoms with van der Waals surface area (Å²) in [6, 6.07) is 3.60. The Morgan fingerprint density at radius 2 is 1.94 bits per heavy atom. The molecule has 11 heteroatoms. The molecule has 0 amide bonds. The van der Waals surface area contributed by atoms with Crippen LogP contribution in [0.25, 0.3) is 16.9 Å². The molecule has 3 aromatic heterocycles. The molecule has 0 aliphatic heterocycles. The zero-order valence-corrected chi connectivity index (χ0v) is 18.5. The van der Waals surface area contributed by atoms with Crippen LogP contribution in [0.4, 0.5) is 20.3 Å². The molecule has 0 spiro atoms. The van der Waals surface area contributed by atoms with Crippen molar-refractivity contribution in [1.82, 2.24) is 24.1 Å². The van der Waals surface area contributed by atoms with Crippen LogP contribution in [-0.2, 0) is 16.1 Å². The minimum Gasteiger partial charge on any atom is -0.479 e. The highest BCUT2D eigenvalue weighted by molar-refractivity contribution is 5.82. The fourth-order valence-electron chi connectivity index (χ4n) is 3.29. The maximum atomic E-state index is 14.5. The highest BCUT2D eigenvalue weighted by Gasteiger charge is 2.23. The number of carbonyl (C=O) groups is 1. The van der Waals surface area contributed by atoms with Crippen molar-refractivity contribution in [3.8, 4) is 17.3 Å². The van der Waals surface area contributed by atoms with Crippen molar-refractivity contribution >= 4 is 23.0 Å². The maximum Gasteiger partial charge on any atom is 0.328 e. The fraction of sp³-hybridized carbons (Fsp3) is 0.273. The highest BCUT2D eigenvalue weighted by atomic mass is 19.1. The number of nitrogens with zero attached hydrogens (tertiary/aromatic N) is 5. The van der Waals surface area contributed by atoms with Gasteiger partial charge in [-0.2, -0.15) is 5.10 Å². The summed E-state index contributed by atoms with van der Waals surface area (Å²) in [6.07, 6.45) is 6.05. The summed E-state index contributed by atoms with van der Waals surface area (Å²) in [6.45, 7) is 5.26. The van der Waals surface area contributed by atoms with Crippen LogP contribution in [0.1, 0.15) is 20.8 Å². The Labute approximate surface area is 188 Å². The molecule has 1 N–H and O–H groups in total. The fourth-order valence-corrected chi connectivity index (χ4v) is 3.29. The normalized spacial score (nSPS) is 11.6. The summed E-state index contributed by atoms with van der Waals surface area (Å²) < 4.78 is 42.5. The zero-order valence-electron chi connectivity index (χ0n) is 18.5. The van der Waals surface area contributed by atoms with Crippen molar-refractivity contribution in [1.29, 1.82) is 0 Å². The molecule has 3 heterocycles. The van der Waals surface area contributed by atoms with Crippen molar-refractivity contribution in [3.05, 3.63) is 54.6 Å². The number of carbonyl (C=O) groups excluding carboxylic acids is 1. The first-order valence-electron chi connectivity index (χ1n) is 10.0. The second-order valence-corrected chi connectivity index (χ2v) is 8.17. The molecular weight excluding hydrogens is 434 g/mol. The number of hydrogen-bond acceptors (Lipinski definition) is 7. The predicted molar refractivity (Wildman–Crippen MR) is 116 cm³/mol. The zero-order chi connectivity index (χ0) is 23.8. The first-order valence-corrected chi connectivity index (χ1v) is 10.0. The first-order chi connectivity index (χ1) is 15.7. The molecule has 0 saturated heterocycles. The standard InChI is InChI=1S/C22H22F2N6O3/c1-22(2,3)33-16(31)12-29-11-13(10-26-29)27-19-18-21(32-4)25-8-9-30(18)20(28-19)17-14(23)6-5-7-15(17)24/h5-11,27H,12H2,1-4H3. The summed E-state index contributed by atoms with van der Waals surface area (Å²) >= 11 is 0. The van der Waals surface area contributed by atoms with Crippen molar-refractivity contribution in [2.45, 2.75) is 32.9 Å². The molecule has 172 valence electrons. The van der Waals surface area contributed by atoms with E-state index in [1.807, 2.05) is 0 Å². The number of esters is 1. The predicted octanol–water partition coefficient (Wildman–Crippen LogP) is 3.96. The van der Waals surface area contributed by atoms with Crippen LogP contribution < -0.4 is 10.1 Å². The van der Waals surface area contributed by atoms with E-state index in [0.717, 1.165) is 12.1 Å². The van der Waals surface area contributed by atoms with Gasteiger partial charge in [0, 0.05) is 18.6 Å². The number of fused-ring (bicyclic) bond motifs is 1. The van der Waals surface area contributed by atoms with E-state index in [1.54, 1.807) is 27.0 Å². The number of methoxy groups -OCH3 is 1. The van der Waals surface area contributed by atoms with Crippen molar-refractivity contribution in [2.75, 3.05) is 12.4 Å². The molecule has 9 nitrogen and oxygen atoms in total. The van der Waals surface area contributed by atoms with Gasteiger partial charge in [-0.25, -0.2) is 18.7 Å². The lowest BCUT2D eigenvalue weighted by Crippen LogP contribution is -2.26. The average Bonchev–Trinajstić information content (AvgIpc) is 3.31. The van der Waals surface area contributed by atoms with Gasteiger partial charge in [0.1, 0.15) is 23.8 Å². The van der Waals surface area contributed by atoms with Gasteiger partial charge >= 0.3 is 5.97 Å². The molecule has 0 aliphatic rings. The van der Waals surface area contributed by atoms with Gasteiger partial charge in [-0.3, -0.25) is 13.9 Å². The quantitative estimate of drug-likeness (QED) is 0.439. The van der Waals surface area contributed by atoms with Crippen LogP contribution in [0.3, 0.4) is 0 Å². The van der Waals surface area contributed by atoms with E-state index < -0.39 is 23.2 Å². The van der Waals surface area contributed by atoms with E-state index in [0.29, 0.717) is 11.2 Å². The Kier molecular flexibility index (Phi) is 5.71. The van der Waals surface area contributed by atoms with Gasteiger partial charge in [-0.1, -0.05) is 6.07 Å². The molecule has 4 aromatic rings. The van der Waals surface area contributed by atoms with Gasteiger partial charge in [-0.15, -0.1) is 0 Å². The van der Waals surface area contributed by atoms with E-state index in [9.17, 15) is 13.6 Å². The molecule has 4 rings (SSSR count). The smallest absolute Gasteiger partial charge is 0.328 e. The van der Waals surface area contributed by atoms with Crippen LogP contribution in [0, 0.1) is 11.6 Å². The summed E-state index contributed by atoms with van der Waals surface area (Å²) in [5.41, 5.74) is -0.0280. The molecule has 0 aliphatic carbocycles. The second kappa shape index (κ2) is 8.49. The van der Waals surface area contributed by atoms with Gasteiger partial charge < -0.3 is 14.8 Å². The van der Waals surface area contributed by atoms with Gasteiger partial charge in [0.05, 0.1) is 24.6 Å². The van der Waals surface area contributed by atoms with Crippen LogP contribution in [0.15, 0.2) is 43.0 Å². The number of anilines is 2. The topological polar surface area (TPSA) is 95.6 Å². The molecular formula is C22H22F2N6O3. The van der Waals surface area contributed by atoms with Gasteiger partial charge in [0.15, 0.2) is 17.2 Å². The number of hydrogen-bond donors (Lipinski definition) is 1. The minimum absolute atomic E-state index is 0.0324. The number of ether oxygens (including phenoxy) is 2. The molecule has 0 unspecified atom stereocenters. The maximum absolute atomic E-state index is 14.5. The van der Waals surface area contributed by atoms with Crippen LogP contribution in [-0.4, -0.2) is 42.8 Å².